The third-order valence-corrected chi connectivity index (χ3v) is 6.64. The first kappa shape index (κ1) is 26.7. The van der Waals surface area contributed by atoms with E-state index in [1.54, 1.807) is 30.3 Å². The number of piperazine rings is 2. The summed E-state index contributed by atoms with van der Waals surface area (Å²) in [6.45, 7) is 2.49. The van der Waals surface area contributed by atoms with E-state index in [1.165, 1.54) is 11.0 Å². The molecular weight excluding hydrogens is 511 g/mol. The molecule has 2 aliphatic rings. The molecule has 0 aromatic heterocycles. The van der Waals surface area contributed by atoms with Gasteiger partial charge in [0.25, 0.3) is 0 Å². The Morgan fingerprint density at radius 2 is 1.76 bits per heavy atom. The van der Waals surface area contributed by atoms with Crippen molar-refractivity contribution in [3.8, 4) is 0 Å². The Hall–Kier alpha value is -3.31. The highest BCUT2D eigenvalue weighted by Crippen LogP contribution is 2.32. The number of carbonyl (C=O) groups excluding carboxylic acids is 3. The molecule has 2 saturated heterocycles. The zero-order chi connectivity index (χ0) is 26.6. The molecule has 2 aromatic carbocycles. The van der Waals surface area contributed by atoms with Crippen molar-refractivity contribution in [1.29, 1.82) is 0 Å². The number of carbonyl (C=O) groups is 3. The number of amides is 3. The topological polar surface area (TPSA) is 85.0 Å². The van der Waals surface area contributed by atoms with Gasteiger partial charge in [0.05, 0.1) is 18.5 Å². The lowest BCUT2D eigenvalue weighted by Crippen LogP contribution is -2.60. The van der Waals surface area contributed by atoms with Gasteiger partial charge in [-0.1, -0.05) is 23.7 Å². The summed E-state index contributed by atoms with van der Waals surface area (Å²) in [4.78, 5) is 43.4. The fourth-order valence-electron chi connectivity index (χ4n) is 4.50. The number of hydrogen-bond acceptors (Lipinski definition) is 5. The normalized spacial score (nSPS) is 18.9. The van der Waals surface area contributed by atoms with Gasteiger partial charge in [-0.25, -0.2) is 0 Å². The zero-order valence-corrected chi connectivity index (χ0v) is 20.7. The number of nitrogens with zero attached hydrogens (tertiary/aromatic N) is 3. The highest BCUT2D eigenvalue weighted by Gasteiger charge is 2.36. The van der Waals surface area contributed by atoms with E-state index in [-0.39, 0.29) is 25.4 Å². The molecule has 2 aromatic rings. The van der Waals surface area contributed by atoms with Gasteiger partial charge in [0.1, 0.15) is 6.04 Å². The lowest BCUT2D eigenvalue weighted by molar-refractivity contribution is -0.145. The fraction of sp³-hybridized carbons (Fsp3) is 0.400. The highest BCUT2D eigenvalue weighted by atomic mass is 35.5. The molecule has 0 spiro atoms. The molecule has 37 heavy (non-hydrogen) atoms. The van der Waals surface area contributed by atoms with Gasteiger partial charge in [-0.05, 0) is 36.4 Å². The van der Waals surface area contributed by atoms with Gasteiger partial charge in [0.15, 0.2) is 0 Å². The van der Waals surface area contributed by atoms with Gasteiger partial charge in [-0.2, -0.15) is 13.2 Å². The second kappa shape index (κ2) is 11.4. The lowest BCUT2D eigenvalue weighted by atomic mass is 10.1. The van der Waals surface area contributed by atoms with Crippen molar-refractivity contribution < 1.29 is 27.6 Å². The van der Waals surface area contributed by atoms with Crippen LogP contribution in [0.3, 0.4) is 0 Å². The molecule has 12 heteroatoms. The van der Waals surface area contributed by atoms with Gasteiger partial charge in [0, 0.05) is 55.7 Å². The van der Waals surface area contributed by atoms with Crippen molar-refractivity contribution in [3.63, 3.8) is 0 Å². The molecule has 198 valence electrons. The van der Waals surface area contributed by atoms with Crippen LogP contribution < -0.4 is 15.5 Å². The number of anilines is 2. The Bertz CT molecular complexity index is 1150. The molecule has 0 aliphatic carbocycles. The second-order valence-corrected chi connectivity index (χ2v) is 9.40. The van der Waals surface area contributed by atoms with Crippen LogP contribution in [0.4, 0.5) is 24.5 Å². The van der Waals surface area contributed by atoms with E-state index >= 15 is 0 Å². The third-order valence-electron chi connectivity index (χ3n) is 6.41. The molecule has 2 fully saturated rings. The summed E-state index contributed by atoms with van der Waals surface area (Å²) in [5.41, 5.74) is 0.279. The van der Waals surface area contributed by atoms with Gasteiger partial charge in [-0.15, -0.1) is 0 Å². The van der Waals surface area contributed by atoms with Crippen LogP contribution >= 0.6 is 11.6 Å². The molecule has 1 atom stereocenters. The van der Waals surface area contributed by atoms with Crippen molar-refractivity contribution in [2.24, 2.45) is 0 Å². The molecule has 8 nitrogen and oxygen atoms in total. The van der Waals surface area contributed by atoms with Crippen LogP contribution in [0, 0.1) is 0 Å². The Labute approximate surface area is 217 Å². The standard InChI is InChI=1S/C25H27ClF3N5O3/c26-18-4-2-5-19(14-18)31-22(35)15-21-24(37)30-7-8-34(21)23(36)16-32-9-11-33(12-10-32)20-6-1-3-17(13-20)25(27,28)29/h1-6,13-14,21H,7-12,15-16H2,(H,30,37)(H,31,35)/t21-/m0/s1. The number of rotatable bonds is 6. The minimum Gasteiger partial charge on any atom is -0.369 e. The minimum atomic E-state index is -4.41. The summed E-state index contributed by atoms with van der Waals surface area (Å²) < 4.78 is 39.2. The van der Waals surface area contributed by atoms with Crippen molar-refractivity contribution in [2.45, 2.75) is 18.6 Å². The Morgan fingerprint density at radius 1 is 1.03 bits per heavy atom. The molecule has 0 bridgehead atoms. The summed E-state index contributed by atoms with van der Waals surface area (Å²) in [7, 11) is 0. The molecule has 2 N–H and O–H groups in total. The smallest absolute Gasteiger partial charge is 0.369 e. The number of hydrogen-bond donors (Lipinski definition) is 2. The van der Waals surface area contributed by atoms with Crippen LogP contribution in [0.1, 0.15) is 12.0 Å². The average molecular weight is 538 g/mol. The molecule has 0 radical (unpaired) electrons. The number of benzene rings is 2. The summed E-state index contributed by atoms with van der Waals surface area (Å²) in [5.74, 6) is -1.09. The van der Waals surface area contributed by atoms with Crippen molar-refractivity contribution in [1.82, 2.24) is 15.1 Å². The SMILES string of the molecule is O=C(C[C@H]1C(=O)NCCN1C(=O)CN1CCN(c2cccc(C(F)(F)F)c2)CC1)Nc1cccc(Cl)c1. The van der Waals surface area contributed by atoms with E-state index in [4.69, 9.17) is 11.6 Å². The first-order valence-electron chi connectivity index (χ1n) is 11.9. The summed E-state index contributed by atoms with van der Waals surface area (Å²) >= 11 is 5.95. The Morgan fingerprint density at radius 3 is 2.46 bits per heavy atom. The first-order valence-corrected chi connectivity index (χ1v) is 12.2. The molecule has 2 aliphatic heterocycles. The summed E-state index contributed by atoms with van der Waals surface area (Å²) in [5, 5.41) is 5.86. The molecular formula is C25H27ClF3N5O3. The molecule has 2 heterocycles. The highest BCUT2D eigenvalue weighted by molar-refractivity contribution is 6.30. The van der Waals surface area contributed by atoms with Crippen molar-refractivity contribution in [3.05, 3.63) is 59.1 Å². The number of alkyl halides is 3. The Balaban J connectivity index is 1.33. The fourth-order valence-corrected chi connectivity index (χ4v) is 4.69. The quantitative estimate of drug-likeness (QED) is 0.592. The van der Waals surface area contributed by atoms with E-state index in [0.717, 1.165) is 12.1 Å². The minimum absolute atomic E-state index is 0.0517. The van der Waals surface area contributed by atoms with E-state index in [9.17, 15) is 27.6 Å². The van der Waals surface area contributed by atoms with Crippen LogP contribution in [-0.4, -0.2) is 79.4 Å². The van der Waals surface area contributed by atoms with Crippen LogP contribution in [0.25, 0.3) is 0 Å². The average Bonchev–Trinajstić information content (AvgIpc) is 2.85. The number of nitrogens with one attached hydrogen (secondary N) is 2. The summed E-state index contributed by atoms with van der Waals surface area (Å²) in [6, 6.07) is 10.9. The van der Waals surface area contributed by atoms with E-state index in [2.05, 4.69) is 10.6 Å². The number of halogens is 4. The van der Waals surface area contributed by atoms with Crippen LogP contribution in [0.15, 0.2) is 48.5 Å². The lowest BCUT2D eigenvalue weighted by Gasteiger charge is -2.39. The van der Waals surface area contributed by atoms with Gasteiger partial charge >= 0.3 is 6.18 Å². The maximum atomic E-state index is 13.1. The third kappa shape index (κ3) is 6.92. The predicted octanol–water partition coefficient (Wildman–Crippen LogP) is 2.84. The maximum Gasteiger partial charge on any atom is 0.416 e. The van der Waals surface area contributed by atoms with E-state index < -0.39 is 29.6 Å². The zero-order valence-electron chi connectivity index (χ0n) is 19.9. The van der Waals surface area contributed by atoms with Crippen LogP contribution in [0.5, 0.6) is 0 Å². The summed E-state index contributed by atoms with van der Waals surface area (Å²) in [6.07, 6.45) is -4.61. The molecule has 3 amide bonds. The van der Waals surface area contributed by atoms with Gasteiger partial charge < -0.3 is 20.4 Å². The largest absolute Gasteiger partial charge is 0.416 e. The molecule has 0 saturated carbocycles. The second-order valence-electron chi connectivity index (χ2n) is 8.97. The first-order chi connectivity index (χ1) is 17.6. The van der Waals surface area contributed by atoms with Gasteiger partial charge in [-0.3, -0.25) is 19.3 Å². The van der Waals surface area contributed by atoms with Crippen molar-refractivity contribution in [2.75, 3.05) is 56.0 Å². The monoisotopic (exact) mass is 537 g/mol. The van der Waals surface area contributed by atoms with Crippen molar-refractivity contribution >= 4 is 40.7 Å². The maximum absolute atomic E-state index is 13.1. The predicted molar refractivity (Wildman–Crippen MR) is 133 cm³/mol. The van der Waals surface area contributed by atoms with Crippen LogP contribution in [-0.2, 0) is 20.6 Å². The Kier molecular flexibility index (Phi) is 8.23. The van der Waals surface area contributed by atoms with Crippen LogP contribution in [0.2, 0.25) is 5.02 Å². The van der Waals surface area contributed by atoms with Gasteiger partial charge in [0.2, 0.25) is 17.7 Å². The van der Waals surface area contributed by atoms with E-state index in [1.807, 2.05) is 9.80 Å². The molecule has 4 rings (SSSR count). The van der Waals surface area contributed by atoms with E-state index in [0.29, 0.717) is 49.1 Å². The molecule has 0 unspecified atom stereocenters.